The molecule has 0 saturated carbocycles. The molecule has 1 aromatic rings. The Morgan fingerprint density at radius 3 is 2.87 bits per heavy atom. The Bertz CT molecular complexity index is 689. The standard InChI is InChI=1S/C16H22N2O4S/c1-22-14-5-2-4-12(10-14)15-6-3-8-18(15)16(19)17-13-7-9-23(20,21)11-13/h2,4-5,10,13,15H,3,6-9,11H2,1H3,(H,17,19)/t13-,15+/m1/s1. The van der Waals surface area contributed by atoms with E-state index in [-0.39, 0.29) is 29.6 Å². The summed E-state index contributed by atoms with van der Waals surface area (Å²) in [6, 6.07) is 7.34. The van der Waals surface area contributed by atoms with Crippen molar-refractivity contribution in [3.8, 4) is 5.75 Å². The van der Waals surface area contributed by atoms with Crippen molar-refractivity contribution in [3.05, 3.63) is 29.8 Å². The largest absolute Gasteiger partial charge is 0.497 e. The average Bonchev–Trinajstić information content (AvgIpc) is 3.14. The summed E-state index contributed by atoms with van der Waals surface area (Å²) in [6.07, 6.45) is 2.35. The molecule has 0 aromatic heterocycles. The highest BCUT2D eigenvalue weighted by atomic mass is 32.2. The van der Waals surface area contributed by atoms with E-state index in [0.717, 1.165) is 24.2 Å². The van der Waals surface area contributed by atoms with Crippen LogP contribution in [0.3, 0.4) is 0 Å². The highest BCUT2D eigenvalue weighted by Crippen LogP contribution is 2.33. The summed E-state index contributed by atoms with van der Waals surface area (Å²) in [6.45, 7) is 0.688. The molecule has 1 aromatic carbocycles. The molecule has 3 rings (SSSR count). The molecule has 7 heteroatoms. The van der Waals surface area contributed by atoms with Gasteiger partial charge in [0, 0.05) is 12.6 Å². The third-order valence-electron chi connectivity index (χ3n) is 4.55. The fourth-order valence-electron chi connectivity index (χ4n) is 3.37. The van der Waals surface area contributed by atoms with Crippen LogP contribution >= 0.6 is 0 Å². The maximum Gasteiger partial charge on any atom is 0.318 e. The molecule has 0 aliphatic carbocycles. The van der Waals surface area contributed by atoms with Crippen molar-refractivity contribution in [2.24, 2.45) is 0 Å². The number of urea groups is 1. The van der Waals surface area contributed by atoms with E-state index in [1.807, 2.05) is 24.3 Å². The smallest absolute Gasteiger partial charge is 0.318 e. The van der Waals surface area contributed by atoms with Crippen LogP contribution in [0.2, 0.25) is 0 Å². The minimum atomic E-state index is -2.99. The van der Waals surface area contributed by atoms with Gasteiger partial charge in [-0.1, -0.05) is 12.1 Å². The van der Waals surface area contributed by atoms with Crippen LogP contribution in [0.4, 0.5) is 4.79 Å². The summed E-state index contributed by atoms with van der Waals surface area (Å²) < 4.78 is 28.3. The van der Waals surface area contributed by atoms with Gasteiger partial charge in [-0.3, -0.25) is 0 Å². The Labute approximate surface area is 136 Å². The van der Waals surface area contributed by atoms with Crippen molar-refractivity contribution in [3.63, 3.8) is 0 Å². The van der Waals surface area contributed by atoms with Gasteiger partial charge in [-0.05, 0) is 37.0 Å². The predicted octanol–water partition coefficient (Wildman–Crippen LogP) is 1.73. The summed E-state index contributed by atoms with van der Waals surface area (Å²) in [7, 11) is -1.37. The number of likely N-dealkylation sites (tertiary alicyclic amines) is 1. The van der Waals surface area contributed by atoms with E-state index in [0.29, 0.717) is 13.0 Å². The number of nitrogens with one attached hydrogen (secondary N) is 1. The molecule has 23 heavy (non-hydrogen) atoms. The van der Waals surface area contributed by atoms with Crippen LogP contribution in [0, 0.1) is 0 Å². The van der Waals surface area contributed by atoms with E-state index in [2.05, 4.69) is 5.32 Å². The minimum Gasteiger partial charge on any atom is -0.497 e. The molecule has 0 radical (unpaired) electrons. The number of hydrogen-bond acceptors (Lipinski definition) is 4. The summed E-state index contributed by atoms with van der Waals surface area (Å²) in [5, 5.41) is 2.88. The lowest BCUT2D eigenvalue weighted by atomic mass is 10.0. The Morgan fingerprint density at radius 1 is 1.35 bits per heavy atom. The second-order valence-electron chi connectivity index (χ2n) is 6.18. The molecule has 2 heterocycles. The molecule has 2 saturated heterocycles. The van der Waals surface area contributed by atoms with E-state index in [9.17, 15) is 13.2 Å². The zero-order valence-electron chi connectivity index (χ0n) is 13.2. The predicted molar refractivity (Wildman–Crippen MR) is 87.3 cm³/mol. The topological polar surface area (TPSA) is 75.7 Å². The fraction of sp³-hybridized carbons (Fsp3) is 0.562. The van der Waals surface area contributed by atoms with Crippen LogP contribution in [-0.4, -0.2) is 50.6 Å². The molecule has 2 aliphatic rings. The lowest BCUT2D eigenvalue weighted by Crippen LogP contribution is -2.45. The number of carbonyl (C=O) groups is 1. The molecule has 0 spiro atoms. The third kappa shape index (κ3) is 3.60. The van der Waals surface area contributed by atoms with Gasteiger partial charge >= 0.3 is 6.03 Å². The van der Waals surface area contributed by atoms with E-state index in [4.69, 9.17) is 4.74 Å². The number of amides is 2. The van der Waals surface area contributed by atoms with Crippen LogP contribution in [0.15, 0.2) is 24.3 Å². The lowest BCUT2D eigenvalue weighted by Gasteiger charge is -2.27. The van der Waals surface area contributed by atoms with Crippen molar-refractivity contribution in [1.29, 1.82) is 0 Å². The molecule has 6 nitrogen and oxygen atoms in total. The number of methoxy groups -OCH3 is 1. The van der Waals surface area contributed by atoms with Gasteiger partial charge in [0.1, 0.15) is 5.75 Å². The van der Waals surface area contributed by atoms with Crippen molar-refractivity contribution < 1.29 is 17.9 Å². The number of sulfone groups is 1. The van der Waals surface area contributed by atoms with Crippen LogP contribution in [-0.2, 0) is 9.84 Å². The van der Waals surface area contributed by atoms with Crippen LogP contribution in [0.5, 0.6) is 5.75 Å². The highest BCUT2D eigenvalue weighted by molar-refractivity contribution is 7.91. The van der Waals surface area contributed by atoms with Gasteiger partial charge in [-0.2, -0.15) is 0 Å². The molecular weight excluding hydrogens is 316 g/mol. The first-order chi connectivity index (χ1) is 11.0. The minimum absolute atomic E-state index is 0.0168. The Balaban J connectivity index is 1.69. The fourth-order valence-corrected chi connectivity index (χ4v) is 5.04. The first-order valence-corrected chi connectivity index (χ1v) is 9.72. The van der Waals surface area contributed by atoms with Crippen molar-refractivity contribution in [1.82, 2.24) is 10.2 Å². The van der Waals surface area contributed by atoms with Crippen molar-refractivity contribution >= 4 is 15.9 Å². The quantitative estimate of drug-likeness (QED) is 0.911. The Hall–Kier alpha value is -1.76. The normalized spacial score (nSPS) is 26.2. The second kappa shape index (κ2) is 6.39. The molecule has 2 amide bonds. The summed E-state index contributed by atoms with van der Waals surface area (Å²) in [5.74, 6) is 0.991. The third-order valence-corrected chi connectivity index (χ3v) is 6.32. The first kappa shape index (κ1) is 16.1. The van der Waals surface area contributed by atoms with Crippen molar-refractivity contribution in [2.45, 2.75) is 31.3 Å². The number of rotatable bonds is 3. The van der Waals surface area contributed by atoms with Gasteiger partial charge in [0.15, 0.2) is 9.84 Å². The molecule has 0 bridgehead atoms. The van der Waals surface area contributed by atoms with Crippen LogP contribution in [0.1, 0.15) is 30.9 Å². The van der Waals surface area contributed by atoms with Gasteiger partial charge in [-0.15, -0.1) is 0 Å². The van der Waals surface area contributed by atoms with Gasteiger partial charge in [0.2, 0.25) is 0 Å². The Morgan fingerprint density at radius 2 is 2.17 bits per heavy atom. The molecule has 1 N–H and O–H groups in total. The molecule has 2 atom stereocenters. The molecule has 2 fully saturated rings. The maximum absolute atomic E-state index is 12.5. The zero-order chi connectivity index (χ0) is 16.4. The second-order valence-corrected chi connectivity index (χ2v) is 8.41. The van der Waals surface area contributed by atoms with E-state index < -0.39 is 9.84 Å². The van der Waals surface area contributed by atoms with Gasteiger partial charge in [0.25, 0.3) is 0 Å². The summed E-state index contributed by atoms with van der Waals surface area (Å²) >= 11 is 0. The van der Waals surface area contributed by atoms with Gasteiger partial charge in [-0.25, -0.2) is 13.2 Å². The van der Waals surface area contributed by atoms with Crippen LogP contribution in [0.25, 0.3) is 0 Å². The van der Waals surface area contributed by atoms with Crippen molar-refractivity contribution in [2.75, 3.05) is 25.2 Å². The summed E-state index contributed by atoms with van der Waals surface area (Å²) in [4.78, 5) is 14.3. The number of ether oxygens (including phenoxy) is 1. The van der Waals surface area contributed by atoms with Crippen LogP contribution < -0.4 is 10.1 Å². The van der Waals surface area contributed by atoms with E-state index in [1.54, 1.807) is 12.0 Å². The number of benzene rings is 1. The van der Waals surface area contributed by atoms with Gasteiger partial charge in [0.05, 0.1) is 24.7 Å². The zero-order valence-corrected chi connectivity index (χ0v) is 14.0. The first-order valence-electron chi connectivity index (χ1n) is 7.90. The molecule has 2 aliphatic heterocycles. The van der Waals surface area contributed by atoms with E-state index in [1.165, 1.54) is 0 Å². The SMILES string of the molecule is COc1cccc([C@@H]2CCCN2C(=O)N[C@@H]2CCS(=O)(=O)C2)c1. The van der Waals surface area contributed by atoms with E-state index >= 15 is 0 Å². The average molecular weight is 338 g/mol. The lowest BCUT2D eigenvalue weighted by molar-refractivity contribution is 0.190. The molecular formula is C16H22N2O4S. The van der Waals surface area contributed by atoms with Gasteiger partial charge < -0.3 is 15.0 Å². The number of nitrogens with zero attached hydrogens (tertiary/aromatic N) is 1. The molecule has 0 unspecified atom stereocenters. The highest BCUT2D eigenvalue weighted by Gasteiger charge is 2.34. The Kier molecular flexibility index (Phi) is 4.48. The molecule has 126 valence electrons. The number of hydrogen-bond donors (Lipinski definition) is 1. The maximum atomic E-state index is 12.5. The number of carbonyl (C=O) groups excluding carboxylic acids is 1. The summed E-state index contributed by atoms with van der Waals surface area (Å²) in [5.41, 5.74) is 1.05. The monoisotopic (exact) mass is 338 g/mol.